The van der Waals surface area contributed by atoms with E-state index in [1.54, 1.807) is 40.7 Å². The van der Waals surface area contributed by atoms with Crippen LogP contribution in [0.3, 0.4) is 0 Å². The van der Waals surface area contributed by atoms with E-state index in [0.717, 1.165) is 32.3 Å². The fraction of sp³-hybridized carbons (Fsp3) is 0.250. The van der Waals surface area contributed by atoms with Crippen LogP contribution >= 0.6 is 34.4 Å². The first kappa shape index (κ1) is 13.6. The zero-order chi connectivity index (χ0) is 13.8. The van der Waals surface area contributed by atoms with E-state index in [9.17, 15) is 0 Å². The lowest BCUT2D eigenvalue weighted by Crippen LogP contribution is -1.94. The Balaban J connectivity index is 1.60. The predicted octanol–water partition coefficient (Wildman–Crippen LogP) is 3.98. The Morgan fingerprint density at radius 1 is 1.40 bits per heavy atom. The molecule has 0 amide bonds. The number of thioether (sulfide) groups is 1. The van der Waals surface area contributed by atoms with Crippen molar-refractivity contribution in [1.29, 1.82) is 0 Å². The van der Waals surface area contributed by atoms with Crippen LogP contribution in [0.25, 0.3) is 10.8 Å². The number of rotatable bonds is 6. The van der Waals surface area contributed by atoms with Gasteiger partial charge in [-0.2, -0.15) is 0 Å². The average molecular weight is 324 g/mol. The molecule has 0 atom stereocenters. The molecule has 3 rings (SSSR count). The van der Waals surface area contributed by atoms with E-state index in [2.05, 4.69) is 20.5 Å². The molecule has 8 heteroatoms. The Labute approximate surface area is 128 Å². The van der Waals surface area contributed by atoms with Crippen LogP contribution in [-0.2, 0) is 5.75 Å². The van der Waals surface area contributed by atoms with Gasteiger partial charge in [-0.3, -0.25) is 0 Å². The average Bonchev–Trinajstić information content (AvgIpc) is 3.18. The number of anilines is 1. The number of nitrogens with one attached hydrogen (secondary N) is 1. The van der Waals surface area contributed by atoms with Crippen molar-refractivity contribution >= 4 is 39.6 Å². The zero-order valence-corrected chi connectivity index (χ0v) is 13.1. The van der Waals surface area contributed by atoms with Crippen molar-refractivity contribution in [3.05, 3.63) is 29.5 Å². The summed E-state index contributed by atoms with van der Waals surface area (Å²) in [6.07, 6.45) is 1.70. The van der Waals surface area contributed by atoms with Gasteiger partial charge in [0.05, 0.1) is 10.6 Å². The maximum Gasteiger partial charge on any atom is 0.236 e. The van der Waals surface area contributed by atoms with Gasteiger partial charge in [-0.05, 0) is 18.4 Å². The van der Waals surface area contributed by atoms with Gasteiger partial charge in [0, 0.05) is 12.3 Å². The molecule has 0 aromatic carbocycles. The second kappa shape index (κ2) is 6.38. The van der Waals surface area contributed by atoms with Gasteiger partial charge in [0.1, 0.15) is 6.26 Å². The summed E-state index contributed by atoms with van der Waals surface area (Å²) in [6.45, 7) is 2.89. The lowest BCUT2D eigenvalue weighted by Gasteiger charge is -1.92. The third-order valence-electron chi connectivity index (χ3n) is 2.36. The summed E-state index contributed by atoms with van der Waals surface area (Å²) >= 11 is 4.79. The van der Waals surface area contributed by atoms with E-state index < -0.39 is 0 Å². The number of thiophene rings is 1. The fourth-order valence-corrected chi connectivity index (χ4v) is 3.87. The summed E-state index contributed by atoms with van der Waals surface area (Å²) in [5, 5.41) is 14.2. The molecule has 0 bridgehead atoms. The molecule has 3 aromatic rings. The van der Waals surface area contributed by atoms with Crippen LogP contribution in [-0.4, -0.2) is 21.7 Å². The monoisotopic (exact) mass is 324 g/mol. The maximum atomic E-state index is 5.48. The highest BCUT2D eigenvalue weighted by molar-refractivity contribution is 8.00. The van der Waals surface area contributed by atoms with E-state index in [1.165, 1.54) is 0 Å². The minimum Gasteiger partial charge on any atom is -0.444 e. The molecule has 5 nitrogen and oxygen atoms in total. The van der Waals surface area contributed by atoms with E-state index in [1.807, 2.05) is 24.4 Å². The van der Waals surface area contributed by atoms with Crippen molar-refractivity contribution in [1.82, 2.24) is 15.2 Å². The minimum atomic E-state index is 0.682. The molecule has 0 aliphatic carbocycles. The molecule has 0 aliphatic heterocycles. The van der Waals surface area contributed by atoms with Crippen molar-refractivity contribution < 1.29 is 4.42 Å². The van der Waals surface area contributed by atoms with E-state index >= 15 is 0 Å². The summed E-state index contributed by atoms with van der Waals surface area (Å²) in [7, 11) is 0. The van der Waals surface area contributed by atoms with Crippen molar-refractivity contribution in [2.24, 2.45) is 0 Å². The standard InChI is InChI=1S/C12H12N4OS3/c1-2-13-11-15-16-12(20-11)19-7-8-6-17-10(14-8)9-4-3-5-18-9/h3-6H,2,7H2,1H3,(H,13,15). The van der Waals surface area contributed by atoms with Crippen molar-refractivity contribution in [3.8, 4) is 10.8 Å². The molecule has 0 saturated carbocycles. The van der Waals surface area contributed by atoms with Crippen LogP contribution in [0.2, 0.25) is 0 Å². The van der Waals surface area contributed by atoms with Gasteiger partial charge >= 0.3 is 0 Å². The van der Waals surface area contributed by atoms with Crippen molar-refractivity contribution in [3.63, 3.8) is 0 Å². The normalized spacial score (nSPS) is 10.8. The third-order valence-corrected chi connectivity index (χ3v) is 5.27. The molecule has 0 spiro atoms. The van der Waals surface area contributed by atoms with E-state index in [4.69, 9.17) is 4.42 Å². The first-order chi connectivity index (χ1) is 9.85. The largest absolute Gasteiger partial charge is 0.444 e. The fourth-order valence-electron chi connectivity index (χ4n) is 1.51. The molecule has 3 aromatic heterocycles. The molecule has 104 valence electrons. The Kier molecular flexibility index (Phi) is 4.34. The smallest absolute Gasteiger partial charge is 0.236 e. The van der Waals surface area contributed by atoms with Crippen LogP contribution < -0.4 is 5.32 Å². The Morgan fingerprint density at radius 2 is 2.35 bits per heavy atom. The summed E-state index contributed by atoms with van der Waals surface area (Å²) in [5.74, 6) is 1.41. The number of hydrogen-bond acceptors (Lipinski definition) is 8. The van der Waals surface area contributed by atoms with Gasteiger partial charge < -0.3 is 9.73 Å². The first-order valence-corrected chi connectivity index (χ1v) is 8.72. The summed E-state index contributed by atoms with van der Waals surface area (Å²) in [5.41, 5.74) is 0.915. The van der Waals surface area contributed by atoms with Gasteiger partial charge in [0.25, 0.3) is 0 Å². The molecule has 0 saturated heterocycles. The molecule has 0 fully saturated rings. The lowest BCUT2D eigenvalue weighted by molar-refractivity contribution is 0.575. The first-order valence-electron chi connectivity index (χ1n) is 6.03. The Hall–Kier alpha value is -1.38. The Morgan fingerprint density at radius 3 is 3.15 bits per heavy atom. The molecule has 20 heavy (non-hydrogen) atoms. The van der Waals surface area contributed by atoms with Gasteiger partial charge in [-0.1, -0.05) is 29.2 Å². The second-order valence-electron chi connectivity index (χ2n) is 3.81. The molecular formula is C12H12N4OS3. The van der Waals surface area contributed by atoms with Crippen LogP contribution in [0.15, 0.2) is 32.5 Å². The number of hydrogen-bond donors (Lipinski definition) is 1. The second-order valence-corrected chi connectivity index (χ2v) is 6.96. The minimum absolute atomic E-state index is 0.682. The van der Waals surface area contributed by atoms with Gasteiger partial charge in [0.2, 0.25) is 11.0 Å². The molecule has 1 N–H and O–H groups in total. The van der Waals surface area contributed by atoms with Gasteiger partial charge in [0.15, 0.2) is 4.34 Å². The Bertz CT molecular complexity index is 662. The highest BCUT2D eigenvalue weighted by Gasteiger charge is 2.09. The SMILES string of the molecule is CCNc1nnc(SCc2coc(-c3cccs3)n2)s1. The zero-order valence-electron chi connectivity index (χ0n) is 10.7. The summed E-state index contributed by atoms with van der Waals surface area (Å²) in [6, 6.07) is 3.99. The topological polar surface area (TPSA) is 63.8 Å². The summed E-state index contributed by atoms with van der Waals surface area (Å²) < 4.78 is 6.41. The number of aromatic nitrogens is 3. The highest BCUT2D eigenvalue weighted by atomic mass is 32.2. The molecule has 0 radical (unpaired) electrons. The molecule has 3 heterocycles. The molecule has 0 aliphatic rings. The summed E-state index contributed by atoms with van der Waals surface area (Å²) in [4.78, 5) is 5.52. The predicted molar refractivity (Wildman–Crippen MR) is 83.4 cm³/mol. The molecule has 0 unspecified atom stereocenters. The van der Waals surface area contributed by atoms with Crippen molar-refractivity contribution in [2.45, 2.75) is 17.0 Å². The molecular weight excluding hydrogens is 312 g/mol. The lowest BCUT2D eigenvalue weighted by atomic mass is 10.5. The van der Waals surface area contributed by atoms with Crippen LogP contribution in [0, 0.1) is 0 Å². The van der Waals surface area contributed by atoms with Crippen LogP contribution in [0.4, 0.5) is 5.13 Å². The van der Waals surface area contributed by atoms with E-state index in [-0.39, 0.29) is 0 Å². The quantitative estimate of drug-likeness (QED) is 0.692. The van der Waals surface area contributed by atoms with Gasteiger partial charge in [-0.15, -0.1) is 21.5 Å². The van der Waals surface area contributed by atoms with Crippen LogP contribution in [0.1, 0.15) is 12.6 Å². The van der Waals surface area contributed by atoms with Crippen molar-refractivity contribution in [2.75, 3.05) is 11.9 Å². The van der Waals surface area contributed by atoms with Gasteiger partial charge in [-0.25, -0.2) is 4.98 Å². The van der Waals surface area contributed by atoms with E-state index in [0.29, 0.717) is 5.89 Å². The number of nitrogens with zero attached hydrogens (tertiary/aromatic N) is 3. The maximum absolute atomic E-state index is 5.48. The number of oxazole rings is 1. The van der Waals surface area contributed by atoms with Crippen LogP contribution in [0.5, 0.6) is 0 Å². The highest BCUT2D eigenvalue weighted by Crippen LogP contribution is 2.29. The third kappa shape index (κ3) is 3.20.